The second kappa shape index (κ2) is 5.24. The van der Waals surface area contributed by atoms with Crippen molar-refractivity contribution in [1.82, 2.24) is 19.6 Å². The molecule has 0 saturated carbocycles. The van der Waals surface area contributed by atoms with Gasteiger partial charge < -0.3 is 5.32 Å². The van der Waals surface area contributed by atoms with Crippen molar-refractivity contribution < 1.29 is 0 Å². The maximum Gasteiger partial charge on any atom is 0.255 e. The molecule has 1 N–H and O–H groups in total. The molecule has 0 aliphatic heterocycles. The first-order chi connectivity index (χ1) is 9.33. The predicted molar refractivity (Wildman–Crippen MR) is 74.4 cm³/mol. The zero-order chi connectivity index (χ0) is 13.1. The summed E-state index contributed by atoms with van der Waals surface area (Å²) < 4.78 is 1.64. The zero-order valence-electron chi connectivity index (χ0n) is 10.1. The highest BCUT2D eigenvalue weighted by Gasteiger charge is 2.05. The lowest BCUT2D eigenvalue weighted by molar-refractivity contribution is 0.913. The van der Waals surface area contributed by atoms with Crippen molar-refractivity contribution in [2.45, 2.75) is 6.42 Å². The zero-order valence-corrected chi connectivity index (χ0v) is 10.9. The summed E-state index contributed by atoms with van der Waals surface area (Å²) in [5.74, 6) is 1.29. The standard InChI is InChI=1S/C13H12ClN5/c14-11-8-12(19-13(18-11)16-9-17-19)15-7-6-10-4-2-1-3-5-10/h1-5,8-9,15H,6-7H2. The molecule has 0 spiro atoms. The average molecular weight is 274 g/mol. The monoisotopic (exact) mass is 273 g/mol. The summed E-state index contributed by atoms with van der Waals surface area (Å²) in [5, 5.41) is 7.81. The molecule has 0 unspecified atom stereocenters. The van der Waals surface area contributed by atoms with Crippen LogP contribution in [0.3, 0.4) is 0 Å². The van der Waals surface area contributed by atoms with Crippen LogP contribution in [0.4, 0.5) is 5.82 Å². The van der Waals surface area contributed by atoms with Crippen molar-refractivity contribution in [3.8, 4) is 0 Å². The van der Waals surface area contributed by atoms with Crippen molar-refractivity contribution in [3.63, 3.8) is 0 Å². The maximum absolute atomic E-state index is 5.94. The van der Waals surface area contributed by atoms with Gasteiger partial charge in [-0.25, -0.2) is 0 Å². The van der Waals surface area contributed by atoms with Crippen LogP contribution in [0.25, 0.3) is 5.78 Å². The van der Waals surface area contributed by atoms with Gasteiger partial charge in [0.1, 0.15) is 17.3 Å². The van der Waals surface area contributed by atoms with E-state index in [1.807, 2.05) is 18.2 Å². The summed E-state index contributed by atoms with van der Waals surface area (Å²) >= 11 is 5.94. The fourth-order valence-electron chi connectivity index (χ4n) is 1.89. The van der Waals surface area contributed by atoms with E-state index >= 15 is 0 Å². The van der Waals surface area contributed by atoms with Crippen LogP contribution in [0.5, 0.6) is 0 Å². The summed E-state index contributed by atoms with van der Waals surface area (Å²) in [5.41, 5.74) is 1.28. The summed E-state index contributed by atoms with van der Waals surface area (Å²) in [6.07, 6.45) is 2.39. The number of aromatic nitrogens is 4. The van der Waals surface area contributed by atoms with Crippen LogP contribution < -0.4 is 5.32 Å². The SMILES string of the molecule is Clc1cc(NCCc2ccccc2)n2ncnc2n1. The summed E-state index contributed by atoms with van der Waals surface area (Å²) in [6.45, 7) is 0.791. The molecule has 0 fully saturated rings. The fraction of sp³-hybridized carbons (Fsp3) is 0.154. The number of benzene rings is 1. The van der Waals surface area contributed by atoms with Gasteiger partial charge in [-0.3, -0.25) is 0 Å². The van der Waals surface area contributed by atoms with Gasteiger partial charge in [-0.15, -0.1) is 0 Å². The first-order valence-electron chi connectivity index (χ1n) is 5.97. The average Bonchev–Trinajstić information content (AvgIpc) is 2.88. The third-order valence-electron chi connectivity index (χ3n) is 2.78. The van der Waals surface area contributed by atoms with E-state index < -0.39 is 0 Å². The second-order valence-corrected chi connectivity index (χ2v) is 4.49. The highest BCUT2D eigenvalue weighted by molar-refractivity contribution is 6.29. The largest absolute Gasteiger partial charge is 0.369 e. The Kier molecular flexibility index (Phi) is 3.29. The molecule has 3 rings (SSSR count). The normalized spacial score (nSPS) is 10.8. The molecule has 19 heavy (non-hydrogen) atoms. The number of anilines is 1. The number of nitrogens with zero attached hydrogens (tertiary/aromatic N) is 4. The molecule has 2 heterocycles. The lowest BCUT2D eigenvalue weighted by Gasteiger charge is -2.08. The van der Waals surface area contributed by atoms with Gasteiger partial charge in [0, 0.05) is 12.6 Å². The van der Waals surface area contributed by atoms with Crippen LogP contribution in [0.2, 0.25) is 5.15 Å². The quantitative estimate of drug-likeness (QED) is 0.742. The third-order valence-corrected chi connectivity index (χ3v) is 2.98. The Morgan fingerprint density at radius 1 is 1.21 bits per heavy atom. The van der Waals surface area contributed by atoms with Crippen LogP contribution in [-0.2, 0) is 6.42 Å². The van der Waals surface area contributed by atoms with Gasteiger partial charge >= 0.3 is 0 Å². The summed E-state index contributed by atoms with van der Waals surface area (Å²) in [7, 11) is 0. The van der Waals surface area contributed by atoms with Gasteiger partial charge in [0.2, 0.25) is 0 Å². The van der Waals surface area contributed by atoms with Crippen molar-refractivity contribution >= 4 is 23.2 Å². The molecule has 0 amide bonds. The van der Waals surface area contributed by atoms with Crippen molar-refractivity contribution in [1.29, 1.82) is 0 Å². The second-order valence-electron chi connectivity index (χ2n) is 4.10. The van der Waals surface area contributed by atoms with E-state index in [1.54, 1.807) is 10.6 Å². The number of hydrogen-bond acceptors (Lipinski definition) is 4. The number of rotatable bonds is 4. The predicted octanol–water partition coefficient (Wildman–Crippen LogP) is 2.43. The Hall–Kier alpha value is -2.14. The maximum atomic E-state index is 5.94. The Labute approximate surface area is 115 Å². The third kappa shape index (κ3) is 2.66. The highest BCUT2D eigenvalue weighted by Crippen LogP contribution is 2.14. The van der Waals surface area contributed by atoms with E-state index in [-0.39, 0.29) is 0 Å². The van der Waals surface area contributed by atoms with Gasteiger partial charge in [0.25, 0.3) is 5.78 Å². The Balaban J connectivity index is 1.73. The van der Waals surface area contributed by atoms with E-state index in [0.29, 0.717) is 10.9 Å². The molecule has 0 saturated heterocycles. The number of fused-ring (bicyclic) bond motifs is 1. The lowest BCUT2D eigenvalue weighted by atomic mass is 10.1. The molecule has 0 aliphatic rings. The van der Waals surface area contributed by atoms with E-state index in [0.717, 1.165) is 18.8 Å². The minimum atomic E-state index is 0.405. The van der Waals surface area contributed by atoms with Gasteiger partial charge in [0.15, 0.2) is 0 Å². The Morgan fingerprint density at radius 3 is 2.89 bits per heavy atom. The van der Waals surface area contributed by atoms with Crippen molar-refractivity contribution in [2.75, 3.05) is 11.9 Å². The molecular formula is C13H12ClN5. The highest BCUT2D eigenvalue weighted by atomic mass is 35.5. The number of halogens is 1. The molecule has 3 aromatic rings. The minimum absolute atomic E-state index is 0.405. The summed E-state index contributed by atoms with van der Waals surface area (Å²) in [6, 6.07) is 12.0. The topological polar surface area (TPSA) is 55.1 Å². The van der Waals surface area contributed by atoms with E-state index in [9.17, 15) is 0 Å². The molecule has 6 heteroatoms. The minimum Gasteiger partial charge on any atom is -0.369 e. The number of hydrogen-bond donors (Lipinski definition) is 1. The first kappa shape index (κ1) is 11.9. The molecule has 5 nitrogen and oxygen atoms in total. The molecule has 0 aliphatic carbocycles. The van der Waals surface area contributed by atoms with Gasteiger partial charge in [-0.2, -0.15) is 19.6 Å². The Bertz CT molecular complexity index is 680. The first-order valence-corrected chi connectivity index (χ1v) is 6.35. The molecule has 0 atom stereocenters. The van der Waals surface area contributed by atoms with Crippen LogP contribution >= 0.6 is 11.6 Å². The van der Waals surface area contributed by atoms with Crippen LogP contribution in [0, 0.1) is 0 Å². The molecule has 96 valence electrons. The molecule has 0 bridgehead atoms. The fourth-order valence-corrected chi connectivity index (χ4v) is 2.07. The molecule has 2 aromatic heterocycles. The molecule has 1 aromatic carbocycles. The van der Waals surface area contributed by atoms with E-state index in [4.69, 9.17) is 11.6 Å². The lowest BCUT2D eigenvalue weighted by Crippen LogP contribution is -2.09. The Morgan fingerprint density at radius 2 is 2.05 bits per heavy atom. The van der Waals surface area contributed by atoms with Gasteiger partial charge in [-0.05, 0) is 12.0 Å². The van der Waals surface area contributed by atoms with Crippen LogP contribution in [0.15, 0.2) is 42.7 Å². The van der Waals surface area contributed by atoms with Crippen LogP contribution in [-0.4, -0.2) is 26.1 Å². The van der Waals surface area contributed by atoms with E-state index in [1.165, 1.54) is 11.9 Å². The smallest absolute Gasteiger partial charge is 0.255 e. The van der Waals surface area contributed by atoms with E-state index in [2.05, 4.69) is 32.5 Å². The van der Waals surface area contributed by atoms with Crippen LogP contribution in [0.1, 0.15) is 5.56 Å². The van der Waals surface area contributed by atoms with Gasteiger partial charge in [0.05, 0.1) is 0 Å². The number of nitrogens with one attached hydrogen (secondary N) is 1. The van der Waals surface area contributed by atoms with Crippen molar-refractivity contribution in [3.05, 3.63) is 53.4 Å². The van der Waals surface area contributed by atoms with Crippen molar-refractivity contribution in [2.24, 2.45) is 0 Å². The van der Waals surface area contributed by atoms with Gasteiger partial charge in [-0.1, -0.05) is 41.9 Å². The summed E-state index contributed by atoms with van der Waals surface area (Å²) in [4.78, 5) is 8.10. The molecular weight excluding hydrogens is 262 g/mol. The molecule has 0 radical (unpaired) electrons.